The molecule has 0 saturated carbocycles. The molecular weight excluding hydrogens is 278 g/mol. The molecule has 110 valence electrons. The zero-order valence-corrected chi connectivity index (χ0v) is 12.1. The largest absolute Gasteiger partial charge is 0.472 e. The van der Waals surface area contributed by atoms with Gasteiger partial charge in [0.25, 0.3) is 0 Å². The number of benzene rings is 1. The third kappa shape index (κ3) is 1.96. The average Bonchev–Trinajstić information content (AvgIpc) is 3.00. The van der Waals surface area contributed by atoms with Crippen LogP contribution in [0.1, 0.15) is 5.56 Å². The molecule has 0 bridgehead atoms. The summed E-state index contributed by atoms with van der Waals surface area (Å²) in [5, 5.41) is 7.25. The predicted molar refractivity (Wildman–Crippen MR) is 85.1 cm³/mol. The molecule has 0 radical (unpaired) electrons. The molecule has 0 unspecified atom stereocenters. The normalized spacial score (nSPS) is 12.2. The third-order valence-corrected chi connectivity index (χ3v) is 3.73. The van der Waals surface area contributed by atoms with E-state index < -0.39 is 0 Å². The van der Waals surface area contributed by atoms with Crippen molar-refractivity contribution in [3.05, 3.63) is 48.3 Å². The minimum atomic E-state index is 0.493. The van der Waals surface area contributed by atoms with Gasteiger partial charge < -0.3 is 15.8 Å². The van der Waals surface area contributed by atoms with Crippen molar-refractivity contribution in [1.82, 2.24) is 14.8 Å². The van der Waals surface area contributed by atoms with Crippen LogP contribution >= 0.6 is 0 Å². The number of rotatable bonds is 2. The minimum Gasteiger partial charge on any atom is -0.472 e. The van der Waals surface area contributed by atoms with Crippen LogP contribution in [0.15, 0.2) is 42.7 Å². The maximum absolute atomic E-state index is 5.78. The van der Waals surface area contributed by atoms with Crippen LogP contribution in [0.5, 0.6) is 5.88 Å². The zero-order chi connectivity index (χ0) is 15.1. The quantitative estimate of drug-likeness (QED) is 0.759. The van der Waals surface area contributed by atoms with Crippen molar-refractivity contribution in [3.63, 3.8) is 0 Å². The predicted octanol–water partition coefficient (Wildman–Crippen LogP) is 2.45. The highest BCUT2D eigenvalue weighted by Gasteiger charge is 2.19. The highest BCUT2D eigenvalue weighted by Crippen LogP contribution is 2.37. The molecule has 0 aliphatic carbocycles. The van der Waals surface area contributed by atoms with Gasteiger partial charge in [-0.15, -0.1) is 0 Å². The van der Waals surface area contributed by atoms with Gasteiger partial charge in [0.1, 0.15) is 12.4 Å². The fourth-order valence-electron chi connectivity index (χ4n) is 2.62. The zero-order valence-electron chi connectivity index (χ0n) is 12.1. The Morgan fingerprint density at radius 1 is 1.23 bits per heavy atom. The van der Waals surface area contributed by atoms with Crippen LogP contribution in [0.2, 0.25) is 0 Å². The van der Waals surface area contributed by atoms with E-state index in [1.165, 1.54) is 0 Å². The standard InChI is InChI=1S/C16H15N5O/c1-18-15-5-4-14-13-3-2-12(21-8-11(17)7-19-21)6-10(13)9-22-16(14)20-15/h2-8H,9,17H2,1H3,(H,18,20). The van der Waals surface area contributed by atoms with Crippen molar-refractivity contribution in [2.24, 2.45) is 0 Å². The fraction of sp³-hybridized carbons (Fsp3) is 0.125. The van der Waals surface area contributed by atoms with Crippen LogP contribution in [0.4, 0.5) is 11.5 Å². The summed E-state index contributed by atoms with van der Waals surface area (Å²) in [6.07, 6.45) is 3.43. The Kier molecular flexibility index (Phi) is 2.75. The lowest BCUT2D eigenvalue weighted by atomic mass is 9.98. The lowest BCUT2D eigenvalue weighted by molar-refractivity contribution is 0.290. The van der Waals surface area contributed by atoms with E-state index in [9.17, 15) is 0 Å². The minimum absolute atomic E-state index is 0.493. The highest BCUT2D eigenvalue weighted by atomic mass is 16.5. The monoisotopic (exact) mass is 293 g/mol. The second-order valence-corrected chi connectivity index (χ2v) is 5.15. The highest BCUT2D eigenvalue weighted by molar-refractivity contribution is 5.75. The van der Waals surface area contributed by atoms with Crippen LogP contribution in [0.25, 0.3) is 16.8 Å². The van der Waals surface area contributed by atoms with Crippen molar-refractivity contribution < 1.29 is 4.74 Å². The summed E-state index contributed by atoms with van der Waals surface area (Å²) >= 11 is 0. The van der Waals surface area contributed by atoms with Gasteiger partial charge in [-0.25, -0.2) is 4.68 Å². The molecule has 1 aliphatic heterocycles. The van der Waals surface area contributed by atoms with Crippen molar-refractivity contribution in [2.45, 2.75) is 6.61 Å². The summed E-state index contributed by atoms with van der Waals surface area (Å²) in [4.78, 5) is 4.45. The van der Waals surface area contributed by atoms with E-state index in [4.69, 9.17) is 10.5 Å². The van der Waals surface area contributed by atoms with Gasteiger partial charge in [-0.2, -0.15) is 10.1 Å². The van der Waals surface area contributed by atoms with E-state index in [0.29, 0.717) is 18.2 Å². The van der Waals surface area contributed by atoms with Gasteiger partial charge in [-0.05, 0) is 35.4 Å². The number of hydrogen-bond donors (Lipinski definition) is 2. The third-order valence-electron chi connectivity index (χ3n) is 3.73. The molecule has 6 heteroatoms. The van der Waals surface area contributed by atoms with E-state index in [0.717, 1.165) is 28.2 Å². The van der Waals surface area contributed by atoms with E-state index in [1.54, 1.807) is 17.1 Å². The first kappa shape index (κ1) is 12.7. The summed E-state index contributed by atoms with van der Waals surface area (Å²) in [6, 6.07) is 10.1. The number of nitrogens with zero attached hydrogens (tertiary/aromatic N) is 3. The Morgan fingerprint density at radius 3 is 2.86 bits per heavy atom. The Bertz CT molecular complexity index is 855. The Morgan fingerprint density at radius 2 is 2.09 bits per heavy atom. The molecule has 0 fully saturated rings. The fourth-order valence-corrected chi connectivity index (χ4v) is 2.62. The van der Waals surface area contributed by atoms with Gasteiger partial charge in [0.15, 0.2) is 0 Å². The molecular formula is C16H15N5O. The van der Waals surface area contributed by atoms with Gasteiger partial charge in [-0.1, -0.05) is 6.07 Å². The summed E-state index contributed by atoms with van der Waals surface area (Å²) in [7, 11) is 1.84. The summed E-state index contributed by atoms with van der Waals surface area (Å²) < 4.78 is 7.54. The lowest BCUT2D eigenvalue weighted by Gasteiger charge is -2.21. The second kappa shape index (κ2) is 4.77. The first-order valence-electron chi connectivity index (χ1n) is 7.00. The number of nitrogens with two attached hydrogens (primary N) is 1. The summed E-state index contributed by atoms with van der Waals surface area (Å²) in [5.41, 5.74) is 10.6. The molecule has 2 aromatic heterocycles. The van der Waals surface area contributed by atoms with Gasteiger partial charge in [0.2, 0.25) is 5.88 Å². The average molecular weight is 293 g/mol. The maximum Gasteiger partial charge on any atom is 0.223 e. The Labute approximate surface area is 127 Å². The Hall–Kier alpha value is -3.02. The number of anilines is 2. The summed E-state index contributed by atoms with van der Waals surface area (Å²) in [5.74, 6) is 1.46. The van der Waals surface area contributed by atoms with Crippen molar-refractivity contribution in [2.75, 3.05) is 18.1 Å². The molecule has 22 heavy (non-hydrogen) atoms. The van der Waals surface area contributed by atoms with Crippen LogP contribution in [0, 0.1) is 0 Å². The summed E-state index contributed by atoms with van der Waals surface area (Å²) in [6.45, 7) is 0.493. The van der Waals surface area contributed by atoms with Gasteiger partial charge in [0, 0.05) is 12.6 Å². The molecule has 3 N–H and O–H groups in total. The smallest absolute Gasteiger partial charge is 0.223 e. The van der Waals surface area contributed by atoms with E-state index >= 15 is 0 Å². The molecule has 4 rings (SSSR count). The lowest BCUT2D eigenvalue weighted by Crippen LogP contribution is -2.09. The van der Waals surface area contributed by atoms with Crippen molar-refractivity contribution in [3.8, 4) is 22.7 Å². The van der Waals surface area contributed by atoms with Gasteiger partial charge in [-0.3, -0.25) is 0 Å². The van der Waals surface area contributed by atoms with Gasteiger partial charge >= 0.3 is 0 Å². The molecule has 0 atom stereocenters. The molecule has 0 saturated heterocycles. The number of hydrogen-bond acceptors (Lipinski definition) is 5. The van der Waals surface area contributed by atoms with E-state index in [-0.39, 0.29) is 0 Å². The number of ether oxygens (including phenoxy) is 1. The molecule has 6 nitrogen and oxygen atoms in total. The molecule has 1 aliphatic rings. The van der Waals surface area contributed by atoms with Crippen molar-refractivity contribution in [1.29, 1.82) is 0 Å². The van der Waals surface area contributed by atoms with Crippen LogP contribution in [-0.4, -0.2) is 21.8 Å². The molecule has 0 spiro atoms. The van der Waals surface area contributed by atoms with E-state index in [2.05, 4.69) is 27.5 Å². The maximum atomic E-state index is 5.78. The SMILES string of the molecule is CNc1ccc2c(n1)OCc1cc(-n3cc(N)cn3)ccc1-2. The molecule has 3 heterocycles. The number of fused-ring (bicyclic) bond motifs is 3. The number of nitrogen functional groups attached to an aromatic ring is 1. The van der Waals surface area contributed by atoms with Crippen LogP contribution in [-0.2, 0) is 6.61 Å². The van der Waals surface area contributed by atoms with Crippen LogP contribution < -0.4 is 15.8 Å². The van der Waals surface area contributed by atoms with Gasteiger partial charge in [0.05, 0.1) is 23.8 Å². The number of aromatic nitrogens is 3. The number of pyridine rings is 1. The molecule has 3 aromatic rings. The topological polar surface area (TPSA) is 78.0 Å². The Balaban J connectivity index is 1.79. The first-order valence-corrected chi connectivity index (χ1v) is 7.00. The second-order valence-electron chi connectivity index (χ2n) is 5.15. The van der Waals surface area contributed by atoms with E-state index in [1.807, 2.05) is 25.2 Å². The first-order chi connectivity index (χ1) is 10.7. The molecule has 1 aromatic carbocycles. The molecule has 0 amide bonds. The van der Waals surface area contributed by atoms with Crippen molar-refractivity contribution >= 4 is 11.5 Å². The van der Waals surface area contributed by atoms with Crippen LogP contribution in [0.3, 0.4) is 0 Å². The number of nitrogens with one attached hydrogen (secondary N) is 1.